The van der Waals surface area contributed by atoms with Gasteiger partial charge < -0.3 is 14.5 Å². The number of methoxy groups -OCH3 is 1. The van der Waals surface area contributed by atoms with Crippen molar-refractivity contribution < 1.29 is 9.53 Å². The summed E-state index contributed by atoms with van der Waals surface area (Å²) in [6.07, 6.45) is 4.27. The number of aromatic nitrogens is 4. The number of amides is 1. The van der Waals surface area contributed by atoms with E-state index < -0.39 is 0 Å². The normalized spacial score (nSPS) is 16.9. The molecule has 2 fully saturated rings. The van der Waals surface area contributed by atoms with Gasteiger partial charge in [0.15, 0.2) is 0 Å². The topological polar surface area (TPSA) is 87.2 Å². The van der Waals surface area contributed by atoms with Crippen molar-refractivity contribution in [3.8, 4) is 17.0 Å². The highest BCUT2D eigenvalue weighted by Gasteiger charge is 2.49. The first-order valence-corrected chi connectivity index (χ1v) is 11.5. The molecule has 4 heterocycles. The Morgan fingerprint density at radius 1 is 1.18 bits per heavy atom. The largest absolute Gasteiger partial charge is 0.497 e. The molecular formula is C26H26N6O2. The van der Waals surface area contributed by atoms with E-state index >= 15 is 0 Å². The Morgan fingerprint density at radius 3 is 2.82 bits per heavy atom. The fraction of sp³-hybridized carbons (Fsp3) is 0.308. The van der Waals surface area contributed by atoms with Crippen LogP contribution in [-0.4, -0.2) is 64.3 Å². The molecule has 2 aliphatic rings. The van der Waals surface area contributed by atoms with E-state index in [0.717, 1.165) is 77.0 Å². The van der Waals surface area contributed by atoms with Crippen LogP contribution in [0, 0.1) is 12.3 Å². The molecule has 4 aromatic rings. The van der Waals surface area contributed by atoms with E-state index in [1.807, 2.05) is 35.4 Å². The number of fused-ring (bicyclic) bond motifs is 2. The van der Waals surface area contributed by atoms with Gasteiger partial charge in [-0.25, -0.2) is 9.97 Å². The summed E-state index contributed by atoms with van der Waals surface area (Å²) in [4.78, 5) is 26.2. The molecule has 2 saturated heterocycles. The summed E-state index contributed by atoms with van der Waals surface area (Å²) in [6.45, 7) is 8.92. The zero-order valence-electron chi connectivity index (χ0n) is 19.3. The molecule has 0 saturated carbocycles. The summed E-state index contributed by atoms with van der Waals surface area (Å²) < 4.78 is 5.48. The summed E-state index contributed by atoms with van der Waals surface area (Å²) in [7, 11) is 1.66. The number of anilines is 1. The van der Waals surface area contributed by atoms with Gasteiger partial charge in [0, 0.05) is 54.0 Å². The van der Waals surface area contributed by atoms with Crippen LogP contribution < -0.4 is 9.64 Å². The van der Waals surface area contributed by atoms with E-state index in [1.165, 1.54) is 6.08 Å². The van der Waals surface area contributed by atoms with Crippen LogP contribution in [0.2, 0.25) is 0 Å². The lowest BCUT2D eigenvalue weighted by molar-refractivity contribution is -0.136. The van der Waals surface area contributed by atoms with Crippen molar-refractivity contribution in [1.82, 2.24) is 25.1 Å². The molecule has 1 amide bonds. The minimum Gasteiger partial charge on any atom is -0.497 e. The molecular weight excluding hydrogens is 428 g/mol. The van der Waals surface area contributed by atoms with Gasteiger partial charge in [0.25, 0.3) is 0 Å². The van der Waals surface area contributed by atoms with Crippen molar-refractivity contribution in [2.45, 2.75) is 13.3 Å². The number of carbonyl (C=O) groups excluding carboxylic acids is 1. The number of aryl methyl sites for hydroxylation is 1. The molecule has 1 N–H and O–H groups in total. The standard InChI is InChI=1S/C26H26N6O2/c1-4-22(33)32-14-26(15-32)9-10-31(13-26)25-28-21-11-17(34-3)6-7-18(21)24(29-25)23-16(2)5-8-20-19(23)12-27-30-20/h4-8,11-12H,1,9-10,13-15H2,2-3H3,(H,27,30). The predicted molar refractivity (Wildman–Crippen MR) is 132 cm³/mol. The first-order chi connectivity index (χ1) is 16.5. The Hall–Kier alpha value is -3.94. The summed E-state index contributed by atoms with van der Waals surface area (Å²) in [5.41, 5.74) is 5.01. The highest BCUT2D eigenvalue weighted by atomic mass is 16.5. The number of nitrogens with zero attached hydrogens (tertiary/aromatic N) is 5. The van der Waals surface area contributed by atoms with Crippen molar-refractivity contribution in [1.29, 1.82) is 0 Å². The van der Waals surface area contributed by atoms with Gasteiger partial charge in [-0.2, -0.15) is 5.10 Å². The second-order valence-electron chi connectivity index (χ2n) is 9.41. The number of nitrogens with one attached hydrogen (secondary N) is 1. The molecule has 0 bridgehead atoms. The van der Waals surface area contributed by atoms with Gasteiger partial charge in [-0.3, -0.25) is 9.89 Å². The number of H-pyrrole nitrogens is 1. The Kier molecular flexibility index (Phi) is 4.58. The number of aromatic amines is 1. The number of likely N-dealkylation sites (tertiary alicyclic amines) is 1. The van der Waals surface area contributed by atoms with Gasteiger partial charge in [0.05, 0.1) is 30.0 Å². The Labute approximate surface area is 197 Å². The fourth-order valence-electron chi connectivity index (χ4n) is 5.41. The molecule has 1 spiro atoms. The maximum atomic E-state index is 12.0. The summed E-state index contributed by atoms with van der Waals surface area (Å²) in [6, 6.07) is 10.1. The second kappa shape index (κ2) is 7.55. The lowest BCUT2D eigenvalue weighted by Gasteiger charge is -2.47. The zero-order valence-corrected chi connectivity index (χ0v) is 19.3. The van der Waals surface area contributed by atoms with Gasteiger partial charge >= 0.3 is 0 Å². The van der Waals surface area contributed by atoms with Crippen molar-refractivity contribution in [2.75, 3.05) is 38.2 Å². The molecule has 0 aliphatic carbocycles. The van der Waals surface area contributed by atoms with Crippen LogP contribution in [0.25, 0.3) is 33.1 Å². The smallest absolute Gasteiger partial charge is 0.245 e. The van der Waals surface area contributed by atoms with E-state index in [4.69, 9.17) is 14.7 Å². The molecule has 0 radical (unpaired) electrons. The van der Waals surface area contributed by atoms with Gasteiger partial charge in [-0.05, 0) is 43.2 Å². The van der Waals surface area contributed by atoms with E-state index in [-0.39, 0.29) is 11.3 Å². The highest BCUT2D eigenvalue weighted by Crippen LogP contribution is 2.42. The molecule has 2 aromatic carbocycles. The molecule has 0 unspecified atom stereocenters. The van der Waals surface area contributed by atoms with Crippen molar-refractivity contribution in [3.63, 3.8) is 0 Å². The zero-order chi connectivity index (χ0) is 23.4. The molecule has 8 nitrogen and oxygen atoms in total. The van der Waals surface area contributed by atoms with Gasteiger partial charge in [-0.1, -0.05) is 12.6 Å². The van der Waals surface area contributed by atoms with Crippen LogP contribution in [0.1, 0.15) is 12.0 Å². The molecule has 8 heteroatoms. The van der Waals surface area contributed by atoms with Gasteiger partial charge in [0.2, 0.25) is 11.9 Å². The van der Waals surface area contributed by atoms with Crippen molar-refractivity contribution >= 4 is 33.7 Å². The number of ether oxygens (including phenoxy) is 1. The third-order valence-corrected chi connectivity index (χ3v) is 7.22. The summed E-state index contributed by atoms with van der Waals surface area (Å²) in [5, 5.41) is 9.35. The number of benzene rings is 2. The summed E-state index contributed by atoms with van der Waals surface area (Å²) >= 11 is 0. The minimum absolute atomic E-state index is 0.00379. The van der Waals surface area contributed by atoms with Crippen LogP contribution in [0.3, 0.4) is 0 Å². The molecule has 0 atom stereocenters. The van der Waals surface area contributed by atoms with Crippen molar-refractivity contribution in [3.05, 3.63) is 54.7 Å². The first-order valence-electron chi connectivity index (χ1n) is 11.5. The van der Waals surface area contributed by atoms with Crippen LogP contribution in [0.5, 0.6) is 5.75 Å². The molecule has 172 valence electrons. The molecule has 2 aromatic heterocycles. The Bertz CT molecular complexity index is 1450. The molecule has 34 heavy (non-hydrogen) atoms. The fourth-order valence-corrected chi connectivity index (χ4v) is 5.41. The number of carbonyl (C=O) groups is 1. The quantitative estimate of drug-likeness (QED) is 0.473. The molecule has 6 rings (SSSR count). The first kappa shape index (κ1) is 20.7. The number of rotatable bonds is 4. The van der Waals surface area contributed by atoms with Crippen LogP contribution in [0.15, 0.2) is 49.2 Å². The predicted octanol–water partition coefficient (Wildman–Crippen LogP) is 3.71. The monoisotopic (exact) mass is 454 g/mol. The maximum Gasteiger partial charge on any atom is 0.245 e. The maximum absolute atomic E-state index is 12.0. The van der Waals surface area contributed by atoms with Crippen LogP contribution in [-0.2, 0) is 4.79 Å². The van der Waals surface area contributed by atoms with E-state index in [9.17, 15) is 4.79 Å². The molecule has 2 aliphatic heterocycles. The van der Waals surface area contributed by atoms with Crippen molar-refractivity contribution in [2.24, 2.45) is 5.41 Å². The van der Waals surface area contributed by atoms with Crippen LogP contribution in [0.4, 0.5) is 5.95 Å². The number of hydrogen-bond donors (Lipinski definition) is 1. The van der Waals surface area contributed by atoms with Gasteiger partial charge in [0.1, 0.15) is 5.75 Å². The number of hydrogen-bond acceptors (Lipinski definition) is 6. The minimum atomic E-state index is 0.00379. The second-order valence-corrected chi connectivity index (χ2v) is 9.41. The lowest BCUT2D eigenvalue weighted by atomic mass is 9.79. The van der Waals surface area contributed by atoms with E-state index in [2.05, 4.69) is 34.7 Å². The van der Waals surface area contributed by atoms with E-state index in [0.29, 0.717) is 5.95 Å². The highest BCUT2D eigenvalue weighted by molar-refractivity contribution is 6.03. The summed E-state index contributed by atoms with van der Waals surface area (Å²) in [5.74, 6) is 1.47. The third-order valence-electron chi connectivity index (χ3n) is 7.22. The lowest BCUT2D eigenvalue weighted by Crippen LogP contribution is -2.59. The van der Waals surface area contributed by atoms with Crippen LogP contribution >= 0.6 is 0 Å². The average Bonchev–Trinajstić information content (AvgIpc) is 3.49. The SMILES string of the molecule is C=CC(=O)N1CC2(CCN(c3nc(-c4c(C)ccc5[nH]ncc45)c4ccc(OC)cc4n3)C2)C1. The van der Waals surface area contributed by atoms with Gasteiger partial charge in [-0.15, -0.1) is 0 Å². The van der Waals surface area contributed by atoms with E-state index in [1.54, 1.807) is 7.11 Å². The Balaban J connectivity index is 1.45. The third kappa shape index (κ3) is 3.13. The average molecular weight is 455 g/mol. The Morgan fingerprint density at radius 2 is 2.03 bits per heavy atom.